The van der Waals surface area contributed by atoms with Crippen molar-refractivity contribution in [3.8, 4) is 5.88 Å². The van der Waals surface area contributed by atoms with Gasteiger partial charge in [0.1, 0.15) is 6.61 Å². The van der Waals surface area contributed by atoms with Crippen LogP contribution >= 0.6 is 0 Å². The first-order chi connectivity index (χ1) is 6.25. The van der Waals surface area contributed by atoms with Gasteiger partial charge in [0.2, 0.25) is 5.88 Å². The van der Waals surface area contributed by atoms with Crippen molar-refractivity contribution >= 4 is 0 Å². The molecule has 1 aromatic heterocycles. The maximum absolute atomic E-state index is 8.60. The topological polar surface area (TPSA) is 42.4 Å². The minimum Gasteiger partial charge on any atom is -0.475 e. The van der Waals surface area contributed by atoms with Gasteiger partial charge in [-0.25, -0.2) is 4.98 Å². The molecule has 13 heavy (non-hydrogen) atoms. The summed E-state index contributed by atoms with van der Waals surface area (Å²) >= 11 is 0. The van der Waals surface area contributed by atoms with Crippen LogP contribution in [0.25, 0.3) is 0 Å². The SMILES string of the molecule is CC(C)c1cccnc1OCCO. The average molecular weight is 181 g/mol. The highest BCUT2D eigenvalue weighted by molar-refractivity contribution is 5.28. The van der Waals surface area contributed by atoms with Crippen LogP contribution in [0.2, 0.25) is 0 Å². The second kappa shape index (κ2) is 4.82. The Morgan fingerprint density at radius 3 is 2.92 bits per heavy atom. The van der Waals surface area contributed by atoms with Crippen molar-refractivity contribution in [3.05, 3.63) is 23.9 Å². The fraction of sp³-hybridized carbons (Fsp3) is 0.500. The van der Waals surface area contributed by atoms with Gasteiger partial charge in [-0.3, -0.25) is 0 Å². The summed E-state index contributed by atoms with van der Waals surface area (Å²) < 4.78 is 5.29. The van der Waals surface area contributed by atoms with Crippen LogP contribution in [-0.2, 0) is 0 Å². The molecule has 0 radical (unpaired) electrons. The van der Waals surface area contributed by atoms with Gasteiger partial charge in [-0.2, -0.15) is 0 Å². The summed E-state index contributed by atoms with van der Waals surface area (Å²) in [6.45, 7) is 4.50. The second-order valence-electron chi connectivity index (χ2n) is 3.12. The number of pyridine rings is 1. The summed E-state index contributed by atoms with van der Waals surface area (Å²) in [6.07, 6.45) is 1.69. The van der Waals surface area contributed by atoms with Gasteiger partial charge in [0.05, 0.1) is 6.61 Å². The molecule has 3 nitrogen and oxygen atoms in total. The molecular weight excluding hydrogens is 166 g/mol. The maximum atomic E-state index is 8.60. The van der Waals surface area contributed by atoms with Gasteiger partial charge in [0.25, 0.3) is 0 Å². The van der Waals surface area contributed by atoms with Gasteiger partial charge in [-0.1, -0.05) is 19.9 Å². The number of aromatic nitrogens is 1. The van der Waals surface area contributed by atoms with Crippen LogP contribution in [0.15, 0.2) is 18.3 Å². The molecule has 0 fully saturated rings. The molecule has 1 aromatic rings. The molecule has 0 aliphatic carbocycles. The fourth-order valence-electron chi connectivity index (χ4n) is 1.11. The van der Waals surface area contributed by atoms with Crippen molar-refractivity contribution < 1.29 is 9.84 Å². The summed E-state index contributed by atoms with van der Waals surface area (Å²) in [7, 11) is 0. The van der Waals surface area contributed by atoms with E-state index in [2.05, 4.69) is 18.8 Å². The molecule has 1 N–H and O–H groups in total. The predicted octanol–water partition coefficient (Wildman–Crippen LogP) is 1.58. The molecular formula is C10H15NO2. The Morgan fingerprint density at radius 2 is 2.31 bits per heavy atom. The third kappa shape index (κ3) is 2.70. The van der Waals surface area contributed by atoms with E-state index in [1.165, 1.54) is 0 Å². The summed E-state index contributed by atoms with van der Waals surface area (Å²) in [4.78, 5) is 4.10. The van der Waals surface area contributed by atoms with Crippen LogP contribution in [-0.4, -0.2) is 23.3 Å². The molecule has 0 aliphatic heterocycles. The third-order valence-electron chi connectivity index (χ3n) is 1.75. The van der Waals surface area contributed by atoms with Crippen molar-refractivity contribution in [1.82, 2.24) is 4.98 Å². The van der Waals surface area contributed by atoms with Crippen molar-refractivity contribution in [2.24, 2.45) is 0 Å². The maximum Gasteiger partial charge on any atom is 0.216 e. The highest BCUT2D eigenvalue weighted by atomic mass is 16.5. The van der Waals surface area contributed by atoms with E-state index in [1.807, 2.05) is 12.1 Å². The molecule has 0 atom stereocenters. The lowest BCUT2D eigenvalue weighted by atomic mass is 10.1. The van der Waals surface area contributed by atoms with Gasteiger partial charge in [-0.15, -0.1) is 0 Å². The summed E-state index contributed by atoms with van der Waals surface area (Å²) in [5.41, 5.74) is 1.08. The standard InChI is InChI=1S/C10H15NO2/c1-8(2)9-4-3-5-11-10(9)13-7-6-12/h3-5,8,12H,6-7H2,1-2H3. The first-order valence-electron chi connectivity index (χ1n) is 4.44. The zero-order valence-corrected chi connectivity index (χ0v) is 8.03. The molecule has 3 heteroatoms. The number of hydrogen-bond acceptors (Lipinski definition) is 3. The van der Waals surface area contributed by atoms with E-state index < -0.39 is 0 Å². The largest absolute Gasteiger partial charge is 0.475 e. The fourth-order valence-corrected chi connectivity index (χ4v) is 1.11. The molecule has 0 bridgehead atoms. The minimum atomic E-state index is 0.0219. The van der Waals surface area contributed by atoms with Gasteiger partial charge < -0.3 is 9.84 Å². The van der Waals surface area contributed by atoms with Crippen molar-refractivity contribution in [1.29, 1.82) is 0 Å². The number of ether oxygens (including phenoxy) is 1. The van der Waals surface area contributed by atoms with Gasteiger partial charge in [0, 0.05) is 11.8 Å². The van der Waals surface area contributed by atoms with Crippen LogP contribution in [0.1, 0.15) is 25.3 Å². The Kier molecular flexibility index (Phi) is 3.71. The van der Waals surface area contributed by atoms with Gasteiger partial charge in [-0.05, 0) is 12.0 Å². The monoisotopic (exact) mass is 181 g/mol. The van der Waals surface area contributed by atoms with E-state index in [9.17, 15) is 0 Å². The van der Waals surface area contributed by atoms with E-state index in [0.29, 0.717) is 18.4 Å². The van der Waals surface area contributed by atoms with Crippen LogP contribution in [0.3, 0.4) is 0 Å². The Hall–Kier alpha value is -1.09. The van der Waals surface area contributed by atoms with Gasteiger partial charge >= 0.3 is 0 Å². The van der Waals surface area contributed by atoms with E-state index in [4.69, 9.17) is 9.84 Å². The summed E-state index contributed by atoms with van der Waals surface area (Å²) in [5, 5.41) is 8.60. The average Bonchev–Trinajstić information content (AvgIpc) is 2.15. The van der Waals surface area contributed by atoms with Crippen LogP contribution in [0.5, 0.6) is 5.88 Å². The van der Waals surface area contributed by atoms with E-state index in [0.717, 1.165) is 5.56 Å². The number of nitrogens with zero attached hydrogens (tertiary/aromatic N) is 1. The molecule has 0 amide bonds. The number of aliphatic hydroxyl groups excluding tert-OH is 1. The first-order valence-corrected chi connectivity index (χ1v) is 4.44. The van der Waals surface area contributed by atoms with Crippen LogP contribution in [0, 0.1) is 0 Å². The van der Waals surface area contributed by atoms with Gasteiger partial charge in [0.15, 0.2) is 0 Å². The molecule has 0 unspecified atom stereocenters. The number of rotatable bonds is 4. The predicted molar refractivity (Wildman–Crippen MR) is 50.9 cm³/mol. The second-order valence-corrected chi connectivity index (χ2v) is 3.12. The van der Waals surface area contributed by atoms with Crippen molar-refractivity contribution in [2.45, 2.75) is 19.8 Å². The normalized spacial score (nSPS) is 10.5. The minimum absolute atomic E-state index is 0.0219. The van der Waals surface area contributed by atoms with Crippen molar-refractivity contribution in [2.75, 3.05) is 13.2 Å². The van der Waals surface area contributed by atoms with Crippen LogP contribution in [0.4, 0.5) is 0 Å². The molecule has 0 aromatic carbocycles. The molecule has 0 aliphatic rings. The Labute approximate surface area is 78.4 Å². The third-order valence-corrected chi connectivity index (χ3v) is 1.75. The highest BCUT2D eigenvalue weighted by Gasteiger charge is 2.07. The molecule has 0 saturated heterocycles. The number of aliphatic hydroxyl groups is 1. The molecule has 72 valence electrons. The van der Waals surface area contributed by atoms with Crippen molar-refractivity contribution in [3.63, 3.8) is 0 Å². The summed E-state index contributed by atoms with van der Waals surface area (Å²) in [5.74, 6) is 1.02. The quantitative estimate of drug-likeness (QED) is 0.766. The lowest BCUT2D eigenvalue weighted by molar-refractivity contribution is 0.195. The van der Waals surface area contributed by atoms with E-state index in [-0.39, 0.29) is 6.61 Å². The lowest BCUT2D eigenvalue weighted by Crippen LogP contribution is -2.05. The molecule has 0 saturated carbocycles. The highest BCUT2D eigenvalue weighted by Crippen LogP contribution is 2.22. The number of hydrogen-bond donors (Lipinski definition) is 1. The van der Waals surface area contributed by atoms with E-state index in [1.54, 1.807) is 6.20 Å². The first kappa shape index (κ1) is 9.99. The zero-order chi connectivity index (χ0) is 9.68. The summed E-state index contributed by atoms with van der Waals surface area (Å²) in [6, 6.07) is 3.88. The van der Waals surface area contributed by atoms with Crippen LogP contribution < -0.4 is 4.74 Å². The smallest absolute Gasteiger partial charge is 0.216 e. The lowest BCUT2D eigenvalue weighted by Gasteiger charge is -2.11. The molecule has 0 spiro atoms. The Morgan fingerprint density at radius 1 is 1.54 bits per heavy atom. The zero-order valence-electron chi connectivity index (χ0n) is 8.03. The molecule has 1 heterocycles. The Bertz CT molecular complexity index is 261. The Balaban J connectivity index is 2.78. The van der Waals surface area contributed by atoms with E-state index >= 15 is 0 Å². The molecule has 1 rings (SSSR count).